The van der Waals surface area contributed by atoms with Gasteiger partial charge in [0.25, 0.3) is 0 Å². The minimum atomic E-state index is -0.509. The zero-order valence-corrected chi connectivity index (χ0v) is 13.1. The Balaban J connectivity index is 1.94. The zero-order chi connectivity index (χ0) is 15.5. The Bertz CT molecular complexity index is 490. The van der Waals surface area contributed by atoms with Crippen molar-refractivity contribution >= 4 is 17.3 Å². The molecular weight excluding hydrogens is 268 g/mol. The minimum Gasteiger partial charge on any atom is -0.378 e. The lowest BCUT2D eigenvalue weighted by Crippen LogP contribution is -2.45. The van der Waals surface area contributed by atoms with E-state index in [9.17, 15) is 4.79 Å². The molecule has 0 bridgehead atoms. The molecule has 0 aliphatic carbocycles. The van der Waals surface area contributed by atoms with Crippen LogP contribution < -0.4 is 10.6 Å². The van der Waals surface area contributed by atoms with Crippen molar-refractivity contribution in [3.05, 3.63) is 24.3 Å². The van der Waals surface area contributed by atoms with Crippen LogP contribution in [0.4, 0.5) is 11.4 Å². The van der Waals surface area contributed by atoms with Crippen molar-refractivity contribution < 1.29 is 14.3 Å². The lowest BCUT2D eigenvalue weighted by molar-refractivity contribution is -0.247. The first-order valence-corrected chi connectivity index (χ1v) is 7.31. The molecule has 116 valence electrons. The number of ether oxygens (including phenoxy) is 2. The number of carbonyl (C=O) groups excluding carboxylic acids is 1. The van der Waals surface area contributed by atoms with Gasteiger partial charge in [-0.05, 0) is 32.0 Å². The summed E-state index contributed by atoms with van der Waals surface area (Å²) in [6.45, 7) is 8.74. The largest absolute Gasteiger partial charge is 0.378 e. The first kappa shape index (κ1) is 15.8. The quantitative estimate of drug-likeness (QED) is 0.896. The fourth-order valence-corrected chi connectivity index (χ4v) is 1.98. The first-order valence-electron chi connectivity index (χ1n) is 7.31. The minimum absolute atomic E-state index is 0.0123. The molecule has 1 aromatic carbocycles. The average molecular weight is 292 g/mol. The Morgan fingerprint density at radius 3 is 2.48 bits per heavy atom. The highest BCUT2D eigenvalue weighted by atomic mass is 16.7. The van der Waals surface area contributed by atoms with Crippen LogP contribution in [0.1, 0.15) is 27.7 Å². The van der Waals surface area contributed by atoms with Crippen LogP contribution in [0.5, 0.6) is 0 Å². The SMILES string of the molecule is CC(C)C(=O)Nc1cccc(NC2COC(C)(C)OC2)c1. The van der Waals surface area contributed by atoms with Gasteiger partial charge in [-0.15, -0.1) is 0 Å². The van der Waals surface area contributed by atoms with E-state index >= 15 is 0 Å². The van der Waals surface area contributed by atoms with Gasteiger partial charge >= 0.3 is 0 Å². The third-order valence-corrected chi connectivity index (χ3v) is 3.29. The summed E-state index contributed by atoms with van der Waals surface area (Å²) in [6.07, 6.45) is 0. The Morgan fingerprint density at radius 1 is 1.24 bits per heavy atom. The number of rotatable bonds is 4. The number of carbonyl (C=O) groups is 1. The Labute approximate surface area is 126 Å². The Kier molecular flexibility index (Phi) is 4.85. The molecular formula is C16H24N2O3. The predicted octanol–water partition coefficient (Wildman–Crippen LogP) is 2.84. The van der Waals surface area contributed by atoms with Crippen LogP contribution in [0, 0.1) is 5.92 Å². The summed E-state index contributed by atoms with van der Waals surface area (Å²) in [5, 5.41) is 6.25. The van der Waals surface area contributed by atoms with Crippen LogP contribution in [-0.2, 0) is 14.3 Å². The molecule has 21 heavy (non-hydrogen) atoms. The van der Waals surface area contributed by atoms with Gasteiger partial charge in [0.05, 0.1) is 19.3 Å². The maximum atomic E-state index is 11.7. The van der Waals surface area contributed by atoms with Crippen LogP contribution in [0.2, 0.25) is 0 Å². The molecule has 0 spiro atoms. The molecule has 5 heteroatoms. The van der Waals surface area contributed by atoms with E-state index in [0.29, 0.717) is 13.2 Å². The van der Waals surface area contributed by atoms with Crippen molar-refractivity contribution in [2.45, 2.75) is 39.5 Å². The summed E-state index contributed by atoms with van der Waals surface area (Å²) in [7, 11) is 0. The number of nitrogens with one attached hydrogen (secondary N) is 2. The lowest BCUT2D eigenvalue weighted by Gasteiger charge is -2.35. The Hall–Kier alpha value is -1.59. The fourth-order valence-electron chi connectivity index (χ4n) is 1.98. The number of hydrogen-bond donors (Lipinski definition) is 2. The van der Waals surface area contributed by atoms with Gasteiger partial charge < -0.3 is 20.1 Å². The second-order valence-electron chi connectivity index (χ2n) is 6.09. The van der Waals surface area contributed by atoms with Gasteiger partial charge in [-0.3, -0.25) is 4.79 Å². The van der Waals surface area contributed by atoms with Gasteiger partial charge in [-0.1, -0.05) is 19.9 Å². The highest BCUT2D eigenvalue weighted by Crippen LogP contribution is 2.21. The van der Waals surface area contributed by atoms with Crippen molar-refractivity contribution in [2.24, 2.45) is 5.92 Å². The molecule has 1 saturated heterocycles. The topological polar surface area (TPSA) is 59.6 Å². The lowest BCUT2D eigenvalue weighted by atomic mass is 10.2. The maximum Gasteiger partial charge on any atom is 0.226 e. The van der Waals surface area contributed by atoms with Gasteiger partial charge in [0.1, 0.15) is 0 Å². The van der Waals surface area contributed by atoms with Gasteiger partial charge in [0.2, 0.25) is 5.91 Å². The normalized spacial score (nSPS) is 18.5. The summed E-state index contributed by atoms with van der Waals surface area (Å²) in [5.74, 6) is -0.534. The maximum absolute atomic E-state index is 11.7. The summed E-state index contributed by atoms with van der Waals surface area (Å²) in [4.78, 5) is 11.7. The molecule has 0 aromatic heterocycles. The standard InChI is InChI=1S/C16H24N2O3/c1-11(2)15(19)18-13-7-5-6-12(8-13)17-14-9-20-16(3,4)21-10-14/h5-8,11,14,17H,9-10H2,1-4H3,(H,18,19). The van der Waals surface area contributed by atoms with E-state index in [4.69, 9.17) is 9.47 Å². The van der Waals surface area contributed by atoms with E-state index in [2.05, 4.69) is 10.6 Å². The van der Waals surface area contributed by atoms with Crippen LogP contribution >= 0.6 is 0 Å². The van der Waals surface area contributed by atoms with Crippen LogP contribution in [0.15, 0.2) is 24.3 Å². The van der Waals surface area contributed by atoms with E-state index in [1.54, 1.807) is 0 Å². The summed E-state index contributed by atoms with van der Waals surface area (Å²) in [6, 6.07) is 7.77. The molecule has 1 heterocycles. The van der Waals surface area contributed by atoms with E-state index in [-0.39, 0.29) is 17.9 Å². The van der Waals surface area contributed by atoms with Gasteiger partial charge in [0, 0.05) is 17.3 Å². The van der Waals surface area contributed by atoms with E-state index in [1.165, 1.54) is 0 Å². The zero-order valence-electron chi connectivity index (χ0n) is 13.1. The molecule has 1 amide bonds. The fraction of sp³-hybridized carbons (Fsp3) is 0.562. The van der Waals surface area contributed by atoms with Crippen LogP contribution in [-0.4, -0.2) is 30.9 Å². The molecule has 0 unspecified atom stereocenters. The highest BCUT2D eigenvalue weighted by molar-refractivity contribution is 5.92. The molecule has 1 fully saturated rings. The third kappa shape index (κ3) is 4.72. The third-order valence-electron chi connectivity index (χ3n) is 3.29. The van der Waals surface area contributed by atoms with Crippen molar-refractivity contribution in [1.29, 1.82) is 0 Å². The number of hydrogen-bond acceptors (Lipinski definition) is 4. The van der Waals surface area contributed by atoms with Gasteiger partial charge in [-0.25, -0.2) is 0 Å². The van der Waals surface area contributed by atoms with Crippen molar-refractivity contribution in [1.82, 2.24) is 0 Å². The van der Waals surface area contributed by atoms with E-state index < -0.39 is 5.79 Å². The van der Waals surface area contributed by atoms with Crippen molar-refractivity contribution in [3.63, 3.8) is 0 Å². The number of benzene rings is 1. The molecule has 1 aromatic rings. The molecule has 1 aliphatic heterocycles. The van der Waals surface area contributed by atoms with Crippen molar-refractivity contribution in [3.8, 4) is 0 Å². The van der Waals surface area contributed by atoms with Gasteiger partial charge in [0.15, 0.2) is 5.79 Å². The highest BCUT2D eigenvalue weighted by Gasteiger charge is 2.28. The number of amides is 1. The number of anilines is 2. The van der Waals surface area contributed by atoms with Gasteiger partial charge in [-0.2, -0.15) is 0 Å². The molecule has 0 radical (unpaired) electrons. The molecule has 5 nitrogen and oxygen atoms in total. The smallest absolute Gasteiger partial charge is 0.226 e. The molecule has 0 saturated carbocycles. The van der Waals surface area contributed by atoms with Crippen LogP contribution in [0.25, 0.3) is 0 Å². The first-order chi connectivity index (χ1) is 9.85. The van der Waals surface area contributed by atoms with E-state index in [1.807, 2.05) is 52.0 Å². The summed E-state index contributed by atoms with van der Waals surface area (Å²) < 4.78 is 11.2. The molecule has 2 rings (SSSR count). The second-order valence-corrected chi connectivity index (χ2v) is 6.09. The van der Waals surface area contributed by atoms with E-state index in [0.717, 1.165) is 11.4 Å². The molecule has 1 aliphatic rings. The molecule has 2 N–H and O–H groups in total. The Morgan fingerprint density at radius 2 is 1.86 bits per heavy atom. The molecule has 0 atom stereocenters. The van der Waals surface area contributed by atoms with Crippen LogP contribution in [0.3, 0.4) is 0 Å². The summed E-state index contributed by atoms with van der Waals surface area (Å²) in [5.41, 5.74) is 1.73. The monoisotopic (exact) mass is 292 g/mol. The predicted molar refractivity (Wildman–Crippen MR) is 83.3 cm³/mol. The average Bonchev–Trinajstić information content (AvgIpc) is 2.41. The van der Waals surface area contributed by atoms with Crippen molar-refractivity contribution in [2.75, 3.05) is 23.8 Å². The summed E-state index contributed by atoms with van der Waals surface area (Å²) >= 11 is 0. The second kappa shape index (κ2) is 6.45.